The zero-order valence-corrected chi connectivity index (χ0v) is 11.8. The first kappa shape index (κ1) is 14.7. The van der Waals surface area contributed by atoms with Crippen LogP contribution in [0.25, 0.3) is 0 Å². The van der Waals surface area contributed by atoms with Gasteiger partial charge in [-0.25, -0.2) is 13.1 Å². The molecule has 0 saturated carbocycles. The normalized spacial score (nSPS) is 12.1. The van der Waals surface area contributed by atoms with Crippen LogP contribution in [0, 0.1) is 0 Å². The van der Waals surface area contributed by atoms with Crippen molar-refractivity contribution in [3.05, 3.63) is 27.7 Å². The summed E-state index contributed by atoms with van der Waals surface area (Å²) >= 11 is 11.8. The van der Waals surface area contributed by atoms with Gasteiger partial charge in [0, 0.05) is 17.6 Å². The van der Waals surface area contributed by atoms with Gasteiger partial charge in [-0.1, -0.05) is 23.2 Å². The van der Waals surface area contributed by atoms with Gasteiger partial charge in [0.25, 0.3) is 0 Å². The Morgan fingerprint density at radius 1 is 1.29 bits per heavy atom. The SMILES string of the molecule is CC(C)NS(=O)(=O)c1cc(CN)c(Cl)cc1Cl. The standard InChI is InChI=1S/C10H14Cl2N2O2S/c1-6(2)14-17(15,16)10-3-7(5-13)8(11)4-9(10)12/h3-4,6,14H,5,13H2,1-2H3. The van der Waals surface area contributed by atoms with Gasteiger partial charge in [-0.05, 0) is 31.5 Å². The molecule has 0 unspecified atom stereocenters. The van der Waals surface area contributed by atoms with Crippen LogP contribution in [-0.4, -0.2) is 14.5 Å². The van der Waals surface area contributed by atoms with Gasteiger partial charge in [-0.3, -0.25) is 0 Å². The van der Waals surface area contributed by atoms with E-state index in [1.165, 1.54) is 12.1 Å². The summed E-state index contributed by atoms with van der Waals surface area (Å²) in [4.78, 5) is -0.00211. The number of rotatable bonds is 4. The van der Waals surface area contributed by atoms with E-state index >= 15 is 0 Å². The van der Waals surface area contributed by atoms with Crippen molar-refractivity contribution in [2.75, 3.05) is 0 Å². The molecule has 4 nitrogen and oxygen atoms in total. The summed E-state index contributed by atoms with van der Waals surface area (Å²) < 4.78 is 26.4. The molecule has 0 aromatic heterocycles. The topological polar surface area (TPSA) is 72.2 Å². The minimum atomic E-state index is -3.64. The van der Waals surface area contributed by atoms with E-state index in [0.29, 0.717) is 10.6 Å². The van der Waals surface area contributed by atoms with Crippen LogP contribution in [0.4, 0.5) is 0 Å². The summed E-state index contributed by atoms with van der Waals surface area (Å²) in [7, 11) is -3.64. The highest BCUT2D eigenvalue weighted by molar-refractivity contribution is 7.89. The molecule has 3 N–H and O–H groups in total. The summed E-state index contributed by atoms with van der Waals surface area (Å²) in [5.41, 5.74) is 6.01. The summed E-state index contributed by atoms with van der Waals surface area (Å²) in [6.07, 6.45) is 0. The molecule has 0 saturated heterocycles. The third-order valence-electron chi connectivity index (χ3n) is 2.00. The molecule has 7 heteroatoms. The molecule has 0 atom stereocenters. The predicted molar refractivity (Wildman–Crippen MR) is 69.8 cm³/mol. The van der Waals surface area contributed by atoms with Crippen molar-refractivity contribution in [2.24, 2.45) is 5.73 Å². The Morgan fingerprint density at radius 3 is 2.35 bits per heavy atom. The average Bonchev–Trinajstić information content (AvgIpc) is 2.15. The molecule has 0 heterocycles. The number of nitrogens with two attached hydrogens (primary N) is 1. The fourth-order valence-corrected chi connectivity index (χ4v) is 3.43. The maximum absolute atomic E-state index is 12.0. The van der Waals surface area contributed by atoms with Gasteiger partial charge in [0.2, 0.25) is 10.0 Å². The van der Waals surface area contributed by atoms with E-state index in [4.69, 9.17) is 28.9 Å². The molecule has 0 fully saturated rings. The Bertz CT molecular complexity index is 515. The molecule has 0 amide bonds. The molecular weight excluding hydrogens is 283 g/mol. The molecule has 0 radical (unpaired) electrons. The quantitative estimate of drug-likeness (QED) is 0.894. The minimum absolute atomic E-state index is 0.00211. The Kier molecular flexibility index (Phi) is 4.80. The lowest BCUT2D eigenvalue weighted by Crippen LogP contribution is -2.30. The highest BCUT2D eigenvalue weighted by Crippen LogP contribution is 2.28. The lowest BCUT2D eigenvalue weighted by molar-refractivity contribution is 0.570. The van der Waals surface area contributed by atoms with Crippen LogP contribution < -0.4 is 10.5 Å². The van der Waals surface area contributed by atoms with Crippen LogP contribution in [0.2, 0.25) is 10.0 Å². The first-order valence-electron chi connectivity index (χ1n) is 4.98. The fourth-order valence-electron chi connectivity index (χ4n) is 1.31. The monoisotopic (exact) mass is 296 g/mol. The molecule has 17 heavy (non-hydrogen) atoms. The van der Waals surface area contributed by atoms with E-state index < -0.39 is 10.0 Å². The fraction of sp³-hybridized carbons (Fsp3) is 0.400. The number of halogens is 2. The van der Waals surface area contributed by atoms with Crippen molar-refractivity contribution in [3.8, 4) is 0 Å². The van der Waals surface area contributed by atoms with Gasteiger partial charge in [0.15, 0.2) is 0 Å². The molecule has 1 aromatic rings. The van der Waals surface area contributed by atoms with Crippen LogP contribution in [0.1, 0.15) is 19.4 Å². The highest BCUT2D eigenvalue weighted by atomic mass is 35.5. The summed E-state index contributed by atoms with van der Waals surface area (Å²) in [5, 5.41) is 0.446. The number of hydrogen-bond acceptors (Lipinski definition) is 3. The summed E-state index contributed by atoms with van der Waals surface area (Å²) in [5.74, 6) is 0. The Balaban J connectivity index is 3.31. The Morgan fingerprint density at radius 2 is 1.88 bits per heavy atom. The van der Waals surface area contributed by atoms with Crippen LogP contribution in [0.15, 0.2) is 17.0 Å². The molecule has 0 spiro atoms. The first-order chi connectivity index (χ1) is 7.77. The van der Waals surface area contributed by atoms with Crippen LogP contribution in [0.3, 0.4) is 0 Å². The van der Waals surface area contributed by atoms with Gasteiger partial charge < -0.3 is 5.73 Å². The van der Waals surface area contributed by atoms with Gasteiger partial charge >= 0.3 is 0 Å². The number of nitrogens with one attached hydrogen (secondary N) is 1. The van der Waals surface area contributed by atoms with Gasteiger partial charge in [0.05, 0.1) is 5.02 Å². The molecule has 1 aromatic carbocycles. The zero-order valence-electron chi connectivity index (χ0n) is 9.50. The van der Waals surface area contributed by atoms with Crippen molar-refractivity contribution < 1.29 is 8.42 Å². The maximum atomic E-state index is 12.0. The van der Waals surface area contributed by atoms with Gasteiger partial charge in [0.1, 0.15) is 4.90 Å². The van der Waals surface area contributed by atoms with Crippen molar-refractivity contribution in [3.63, 3.8) is 0 Å². The van der Waals surface area contributed by atoms with E-state index in [1.807, 2.05) is 0 Å². The second-order valence-corrected chi connectivity index (χ2v) is 6.35. The lowest BCUT2D eigenvalue weighted by Gasteiger charge is -2.12. The molecule has 1 rings (SSSR count). The van der Waals surface area contributed by atoms with E-state index in [9.17, 15) is 8.42 Å². The van der Waals surface area contributed by atoms with Crippen molar-refractivity contribution in [2.45, 2.75) is 31.3 Å². The molecule has 0 aliphatic carbocycles. The Labute approximate surface area is 111 Å². The smallest absolute Gasteiger partial charge is 0.242 e. The average molecular weight is 297 g/mol. The van der Waals surface area contributed by atoms with Crippen LogP contribution in [-0.2, 0) is 16.6 Å². The van der Waals surface area contributed by atoms with Crippen molar-refractivity contribution in [1.82, 2.24) is 4.72 Å². The van der Waals surface area contributed by atoms with Crippen LogP contribution in [0.5, 0.6) is 0 Å². The molecular formula is C10H14Cl2N2O2S. The second-order valence-electron chi connectivity index (χ2n) is 3.85. The minimum Gasteiger partial charge on any atom is -0.326 e. The van der Waals surface area contributed by atoms with E-state index in [2.05, 4.69) is 4.72 Å². The Hall–Kier alpha value is -0.330. The maximum Gasteiger partial charge on any atom is 0.242 e. The summed E-state index contributed by atoms with van der Waals surface area (Å²) in [6, 6.07) is 2.57. The van der Waals surface area contributed by atoms with E-state index in [0.717, 1.165) is 0 Å². The van der Waals surface area contributed by atoms with Crippen molar-refractivity contribution >= 4 is 33.2 Å². The highest BCUT2D eigenvalue weighted by Gasteiger charge is 2.20. The van der Waals surface area contributed by atoms with Gasteiger partial charge in [-0.15, -0.1) is 0 Å². The summed E-state index contributed by atoms with van der Waals surface area (Å²) in [6.45, 7) is 3.61. The zero-order chi connectivity index (χ0) is 13.2. The van der Waals surface area contributed by atoms with E-state index in [1.54, 1.807) is 13.8 Å². The third-order valence-corrected chi connectivity index (χ3v) is 4.48. The van der Waals surface area contributed by atoms with Crippen molar-refractivity contribution in [1.29, 1.82) is 0 Å². The predicted octanol–water partition coefficient (Wildman–Crippen LogP) is 2.14. The van der Waals surface area contributed by atoms with Crippen LogP contribution >= 0.6 is 23.2 Å². The van der Waals surface area contributed by atoms with E-state index in [-0.39, 0.29) is 22.5 Å². The third kappa shape index (κ3) is 3.56. The number of hydrogen-bond donors (Lipinski definition) is 2. The molecule has 96 valence electrons. The first-order valence-corrected chi connectivity index (χ1v) is 7.22. The second kappa shape index (κ2) is 5.54. The largest absolute Gasteiger partial charge is 0.326 e. The molecule has 0 bridgehead atoms. The number of sulfonamides is 1. The molecule has 0 aliphatic heterocycles. The number of benzene rings is 1. The molecule has 0 aliphatic rings. The van der Waals surface area contributed by atoms with Gasteiger partial charge in [-0.2, -0.15) is 0 Å². The lowest BCUT2D eigenvalue weighted by atomic mass is 10.2.